The Balaban J connectivity index is 1.76. The zero-order valence-corrected chi connectivity index (χ0v) is 15.5. The molecule has 3 heterocycles. The van der Waals surface area contributed by atoms with Crippen LogP contribution in [0.25, 0.3) is 27.9 Å². The second-order valence-electron chi connectivity index (χ2n) is 6.81. The summed E-state index contributed by atoms with van der Waals surface area (Å²) in [6.07, 6.45) is 0.219. The Hall–Kier alpha value is -2.68. The molecular formula is C18H14ClF3N6. The quantitative estimate of drug-likeness (QED) is 0.462. The maximum Gasteiger partial charge on any atom is 0.418 e. The Morgan fingerprint density at radius 3 is 2.64 bits per heavy atom. The molecule has 4 aromatic rings. The molecule has 3 aromatic heterocycles. The lowest BCUT2D eigenvalue weighted by molar-refractivity contribution is -0.136. The van der Waals surface area contributed by atoms with Crippen molar-refractivity contribution in [2.45, 2.75) is 38.4 Å². The first-order valence-electron chi connectivity index (χ1n) is 8.87. The molecule has 6 nitrogen and oxygen atoms in total. The van der Waals surface area contributed by atoms with Gasteiger partial charge in [-0.2, -0.15) is 22.8 Å². The summed E-state index contributed by atoms with van der Waals surface area (Å²) in [5, 5.41) is 9.07. The van der Waals surface area contributed by atoms with Crippen molar-refractivity contribution in [3.05, 3.63) is 40.9 Å². The Morgan fingerprint density at radius 1 is 1.18 bits per heavy atom. The lowest BCUT2D eigenvalue weighted by Gasteiger charge is -2.10. The van der Waals surface area contributed by atoms with Gasteiger partial charge in [-0.1, -0.05) is 13.0 Å². The second-order valence-corrected chi connectivity index (χ2v) is 7.14. The van der Waals surface area contributed by atoms with Gasteiger partial charge in [-0.15, -0.1) is 5.10 Å². The molecule has 28 heavy (non-hydrogen) atoms. The van der Waals surface area contributed by atoms with Crippen molar-refractivity contribution in [2.75, 3.05) is 0 Å². The summed E-state index contributed by atoms with van der Waals surface area (Å²) in [6, 6.07) is 4.25. The van der Waals surface area contributed by atoms with Crippen molar-refractivity contribution in [3.63, 3.8) is 0 Å². The maximum absolute atomic E-state index is 13.4. The molecule has 1 aromatic carbocycles. The molecule has 0 unspecified atom stereocenters. The highest BCUT2D eigenvalue weighted by atomic mass is 35.5. The number of rotatable bonds is 3. The number of nitrogens with zero attached hydrogens (tertiary/aromatic N) is 6. The molecule has 144 valence electrons. The van der Waals surface area contributed by atoms with Crippen LogP contribution in [0.2, 0.25) is 5.28 Å². The zero-order valence-electron chi connectivity index (χ0n) is 14.7. The van der Waals surface area contributed by atoms with E-state index in [2.05, 4.69) is 20.2 Å². The van der Waals surface area contributed by atoms with Crippen LogP contribution >= 0.6 is 11.6 Å². The van der Waals surface area contributed by atoms with E-state index in [9.17, 15) is 13.2 Å². The van der Waals surface area contributed by atoms with E-state index in [0.29, 0.717) is 18.3 Å². The number of benzene rings is 1. The van der Waals surface area contributed by atoms with Gasteiger partial charge in [-0.05, 0) is 43.0 Å². The lowest BCUT2D eigenvalue weighted by atomic mass is 10.1. The number of hydrogen-bond donors (Lipinski definition) is 0. The maximum atomic E-state index is 13.4. The van der Waals surface area contributed by atoms with Gasteiger partial charge in [0, 0.05) is 11.6 Å². The molecule has 0 saturated heterocycles. The summed E-state index contributed by atoms with van der Waals surface area (Å²) in [5.74, 6) is 0.373. The van der Waals surface area contributed by atoms with Crippen LogP contribution in [0.1, 0.15) is 37.1 Å². The first-order chi connectivity index (χ1) is 13.4. The molecule has 10 heteroatoms. The number of hydrogen-bond acceptors (Lipinski definition) is 4. The van der Waals surface area contributed by atoms with Crippen molar-refractivity contribution in [3.8, 4) is 11.4 Å². The third-order valence-electron chi connectivity index (χ3n) is 4.87. The molecule has 0 aliphatic heterocycles. The van der Waals surface area contributed by atoms with E-state index >= 15 is 0 Å². The van der Waals surface area contributed by atoms with E-state index in [1.807, 2.05) is 17.8 Å². The predicted octanol–water partition coefficient (Wildman–Crippen LogP) is 4.71. The third-order valence-corrected chi connectivity index (χ3v) is 5.12. The standard InChI is InChI=1S/C18H14ClF3N6/c1-2-13-11(8-27(25-13)9-6-7-9)15-24-16-10-4-3-5-12(18(20,21)22)14(10)23-17(19)28(16)26-15/h3-5,8-9H,2,6-7H2,1H3. The van der Waals surface area contributed by atoms with Gasteiger partial charge in [0.25, 0.3) is 0 Å². The van der Waals surface area contributed by atoms with Gasteiger partial charge in [0.1, 0.15) is 0 Å². The van der Waals surface area contributed by atoms with E-state index in [1.54, 1.807) is 0 Å². The number of aromatic nitrogens is 6. The zero-order chi connectivity index (χ0) is 19.6. The highest BCUT2D eigenvalue weighted by Gasteiger charge is 2.34. The minimum atomic E-state index is -4.54. The molecule has 0 bridgehead atoms. The van der Waals surface area contributed by atoms with E-state index in [4.69, 9.17) is 11.6 Å². The summed E-state index contributed by atoms with van der Waals surface area (Å²) in [4.78, 5) is 8.45. The number of para-hydroxylation sites is 1. The molecule has 0 atom stereocenters. The number of halogens is 4. The van der Waals surface area contributed by atoms with Gasteiger partial charge in [-0.25, -0.2) is 9.97 Å². The van der Waals surface area contributed by atoms with Gasteiger partial charge in [-0.3, -0.25) is 4.68 Å². The van der Waals surface area contributed by atoms with Gasteiger partial charge in [0.05, 0.1) is 28.4 Å². The number of alkyl halides is 3. The lowest BCUT2D eigenvalue weighted by Crippen LogP contribution is -2.07. The van der Waals surface area contributed by atoms with Crippen molar-refractivity contribution in [1.29, 1.82) is 0 Å². The summed E-state index contributed by atoms with van der Waals surface area (Å²) in [6.45, 7) is 1.98. The smallest absolute Gasteiger partial charge is 0.269 e. The van der Waals surface area contributed by atoms with E-state index in [-0.39, 0.29) is 21.8 Å². The minimum absolute atomic E-state index is 0.175. The normalized spacial score (nSPS) is 15.0. The van der Waals surface area contributed by atoms with Crippen molar-refractivity contribution in [1.82, 2.24) is 29.4 Å². The average molecular weight is 407 g/mol. The molecule has 0 radical (unpaired) electrons. The number of fused-ring (bicyclic) bond motifs is 3. The van der Waals surface area contributed by atoms with Crippen molar-refractivity contribution in [2.24, 2.45) is 0 Å². The topological polar surface area (TPSA) is 60.9 Å². The summed E-state index contributed by atoms with van der Waals surface area (Å²) < 4.78 is 43.3. The summed E-state index contributed by atoms with van der Waals surface area (Å²) in [5.41, 5.74) is 0.740. The molecule has 0 N–H and O–H groups in total. The average Bonchev–Trinajstić information content (AvgIpc) is 3.25. The number of aryl methyl sites for hydroxylation is 1. The Morgan fingerprint density at radius 2 is 1.96 bits per heavy atom. The van der Waals surface area contributed by atoms with Gasteiger partial charge in [0.2, 0.25) is 5.28 Å². The Labute approximate surface area is 162 Å². The second kappa shape index (κ2) is 5.91. The molecular weight excluding hydrogens is 393 g/mol. The largest absolute Gasteiger partial charge is 0.418 e. The Bertz CT molecular complexity index is 1220. The molecule has 5 rings (SSSR count). The third kappa shape index (κ3) is 2.64. The van der Waals surface area contributed by atoms with Crippen LogP contribution in [-0.2, 0) is 12.6 Å². The van der Waals surface area contributed by atoms with E-state index in [1.165, 1.54) is 16.6 Å². The van der Waals surface area contributed by atoms with Crippen LogP contribution in [0, 0.1) is 0 Å². The predicted molar refractivity (Wildman–Crippen MR) is 97.2 cm³/mol. The van der Waals surface area contributed by atoms with E-state index in [0.717, 1.165) is 30.2 Å². The van der Waals surface area contributed by atoms with Crippen LogP contribution < -0.4 is 0 Å². The van der Waals surface area contributed by atoms with Crippen LogP contribution in [0.15, 0.2) is 24.4 Å². The van der Waals surface area contributed by atoms with Gasteiger partial charge >= 0.3 is 6.18 Å². The van der Waals surface area contributed by atoms with Crippen LogP contribution in [0.5, 0.6) is 0 Å². The van der Waals surface area contributed by atoms with E-state index < -0.39 is 11.7 Å². The molecule has 0 amide bonds. The minimum Gasteiger partial charge on any atom is -0.269 e. The fourth-order valence-electron chi connectivity index (χ4n) is 3.34. The summed E-state index contributed by atoms with van der Waals surface area (Å²) >= 11 is 6.16. The SMILES string of the molecule is CCc1nn(C2CC2)cc1-c1nc2c3cccc(C(F)(F)F)c3nc(Cl)n2n1. The van der Waals surface area contributed by atoms with Crippen LogP contribution in [0.4, 0.5) is 13.2 Å². The van der Waals surface area contributed by atoms with Gasteiger partial charge < -0.3 is 0 Å². The highest BCUT2D eigenvalue weighted by Crippen LogP contribution is 2.37. The fourth-order valence-corrected chi connectivity index (χ4v) is 3.55. The molecule has 0 spiro atoms. The highest BCUT2D eigenvalue weighted by molar-refractivity contribution is 6.29. The van der Waals surface area contributed by atoms with Crippen LogP contribution in [0.3, 0.4) is 0 Å². The molecule has 1 fully saturated rings. The first-order valence-corrected chi connectivity index (χ1v) is 9.25. The van der Waals surface area contributed by atoms with Gasteiger partial charge in [0.15, 0.2) is 11.5 Å². The molecule has 1 aliphatic carbocycles. The van der Waals surface area contributed by atoms with Crippen molar-refractivity contribution < 1.29 is 13.2 Å². The summed E-state index contributed by atoms with van der Waals surface area (Å²) in [7, 11) is 0. The fraction of sp³-hybridized carbons (Fsp3) is 0.333. The molecule has 1 aliphatic rings. The monoisotopic (exact) mass is 406 g/mol. The Kier molecular flexibility index (Phi) is 3.67. The first kappa shape index (κ1) is 17.4. The molecule has 1 saturated carbocycles. The van der Waals surface area contributed by atoms with Crippen LogP contribution in [-0.4, -0.2) is 29.4 Å². The van der Waals surface area contributed by atoms with Crippen molar-refractivity contribution >= 4 is 28.2 Å².